The molecule has 170 valence electrons. The van der Waals surface area contributed by atoms with Gasteiger partial charge in [-0.2, -0.15) is 0 Å². The molecular weight excluding hydrogens is 420 g/mol. The first-order valence-electron chi connectivity index (χ1n) is 11.8. The summed E-state index contributed by atoms with van der Waals surface area (Å²) in [5, 5.41) is 2.04. The molecule has 0 atom stereocenters. The maximum Gasteiger partial charge on any atom is 0.146 e. The Hall–Kier alpha value is -3.77. The van der Waals surface area contributed by atoms with E-state index in [1.54, 1.807) is 6.33 Å². The molecule has 0 radical (unpaired) electrons. The van der Waals surface area contributed by atoms with Gasteiger partial charge in [-0.1, -0.05) is 48.5 Å². The molecule has 1 fully saturated rings. The van der Waals surface area contributed by atoms with Crippen LogP contribution in [-0.4, -0.2) is 45.1 Å². The van der Waals surface area contributed by atoms with Gasteiger partial charge < -0.3 is 15.2 Å². The summed E-state index contributed by atoms with van der Waals surface area (Å²) in [6.45, 7) is 1.12. The highest BCUT2D eigenvalue weighted by Gasteiger charge is 2.32. The smallest absolute Gasteiger partial charge is 0.146 e. The Morgan fingerprint density at radius 1 is 0.971 bits per heavy atom. The normalized spacial score (nSPS) is 18.0. The third kappa shape index (κ3) is 3.60. The molecule has 0 spiro atoms. The number of hydrogen-bond donors (Lipinski definition) is 1. The number of anilines is 1. The standard InChI is InChI=1S/C28H28N6/c1-33(2)15-18-12-22(13-18)34-16-23(26-27(29)30-17-31-28(26)34)21-9-8-20-10-11-24(32-25(20)14-21)19-6-4-3-5-7-19/h3-11,14,16-18,22H,12-13,15H2,1-2H3,(H2,29,30,31)/t18-,22+. The highest BCUT2D eigenvalue weighted by Crippen LogP contribution is 2.43. The Labute approximate surface area is 199 Å². The van der Waals surface area contributed by atoms with Gasteiger partial charge in [0.05, 0.1) is 16.6 Å². The summed E-state index contributed by atoms with van der Waals surface area (Å²) in [6.07, 6.45) is 6.10. The van der Waals surface area contributed by atoms with Crippen LogP contribution in [0, 0.1) is 5.92 Å². The highest BCUT2D eigenvalue weighted by molar-refractivity contribution is 6.02. The fraction of sp³-hybridized carbons (Fsp3) is 0.250. The molecule has 1 aliphatic rings. The number of aromatic nitrogens is 4. The predicted octanol–water partition coefficient (Wildman–Crippen LogP) is 5.41. The van der Waals surface area contributed by atoms with Crippen molar-refractivity contribution in [2.24, 2.45) is 5.92 Å². The van der Waals surface area contributed by atoms with Crippen LogP contribution in [0.4, 0.5) is 5.82 Å². The Kier molecular flexibility index (Phi) is 5.03. The number of fused-ring (bicyclic) bond motifs is 2. The lowest BCUT2D eigenvalue weighted by atomic mass is 9.80. The van der Waals surface area contributed by atoms with E-state index < -0.39 is 0 Å². The van der Waals surface area contributed by atoms with Crippen molar-refractivity contribution in [1.82, 2.24) is 24.4 Å². The fourth-order valence-corrected chi connectivity index (χ4v) is 5.25. The summed E-state index contributed by atoms with van der Waals surface area (Å²) in [7, 11) is 4.28. The first-order chi connectivity index (χ1) is 16.6. The zero-order valence-corrected chi connectivity index (χ0v) is 19.5. The molecule has 1 saturated carbocycles. The lowest BCUT2D eigenvalue weighted by molar-refractivity contribution is 0.159. The molecule has 0 amide bonds. The topological polar surface area (TPSA) is 72.9 Å². The molecular formula is C28H28N6. The second kappa shape index (κ2) is 8.22. The van der Waals surface area contributed by atoms with Crippen molar-refractivity contribution in [1.29, 1.82) is 0 Å². The molecule has 0 saturated heterocycles. The number of rotatable bonds is 5. The quantitative estimate of drug-likeness (QED) is 0.389. The van der Waals surface area contributed by atoms with Crippen LogP contribution in [0.15, 0.2) is 73.2 Å². The molecule has 3 heterocycles. The predicted molar refractivity (Wildman–Crippen MR) is 138 cm³/mol. The van der Waals surface area contributed by atoms with Crippen LogP contribution in [0.1, 0.15) is 18.9 Å². The fourth-order valence-electron chi connectivity index (χ4n) is 5.25. The van der Waals surface area contributed by atoms with Crippen LogP contribution >= 0.6 is 0 Å². The third-order valence-electron chi connectivity index (χ3n) is 6.94. The van der Waals surface area contributed by atoms with Crippen LogP contribution in [0.3, 0.4) is 0 Å². The minimum absolute atomic E-state index is 0.443. The average Bonchev–Trinajstić information content (AvgIpc) is 3.21. The van der Waals surface area contributed by atoms with Gasteiger partial charge in [0, 0.05) is 35.3 Å². The van der Waals surface area contributed by atoms with Gasteiger partial charge in [0.2, 0.25) is 0 Å². The molecule has 6 heteroatoms. The van der Waals surface area contributed by atoms with Crippen molar-refractivity contribution in [3.63, 3.8) is 0 Å². The maximum atomic E-state index is 6.39. The second-order valence-electron chi connectivity index (χ2n) is 9.63. The number of nitrogens with two attached hydrogens (primary N) is 1. The first kappa shape index (κ1) is 20.8. The van der Waals surface area contributed by atoms with E-state index in [2.05, 4.69) is 82.2 Å². The van der Waals surface area contributed by atoms with Crippen molar-refractivity contribution in [3.8, 4) is 22.4 Å². The van der Waals surface area contributed by atoms with Gasteiger partial charge in [0.25, 0.3) is 0 Å². The van der Waals surface area contributed by atoms with Gasteiger partial charge in [0.1, 0.15) is 17.8 Å². The lowest BCUT2D eigenvalue weighted by Crippen LogP contribution is -2.33. The number of hydrogen-bond acceptors (Lipinski definition) is 5. The van der Waals surface area contributed by atoms with Gasteiger partial charge >= 0.3 is 0 Å². The van der Waals surface area contributed by atoms with Crippen molar-refractivity contribution < 1.29 is 0 Å². The zero-order valence-electron chi connectivity index (χ0n) is 19.5. The molecule has 5 aromatic rings. The van der Waals surface area contributed by atoms with Gasteiger partial charge in [-0.15, -0.1) is 0 Å². The minimum atomic E-state index is 0.443. The van der Waals surface area contributed by atoms with Crippen molar-refractivity contribution >= 4 is 27.8 Å². The lowest BCUT2D eigenvalue weighted by Gasteiger charge is -2.38. The van der Waals surface area contributed by atoms with Gasteiger partial charge in [0.15, 0.2) is 0 Å². The van der Waals surface area contributed by atoms with E-state index >= 15 is 0 Å². The molecule has 0 aliphatic heterocycles. The SMILES string of the molecule is CN(C)C[C@H]1C[C@@H](n2cc(-c3ccc4ccc(-c5ccccc5)nc4c3)c3c(N)ncnc32)C1. The first-order valence-corrected chi connectivity index (χ1v) is 11.8. The molecule has 0 unspecified atom stereocenters. The minimum Gasteiger partial charge on any atom is -0.383 e. The Morgan fingerprint density at radius 2 is 1.76 bits per heavy atom. The maximum absolute atomic E-state index is 6.39. The number of benzene rings is 2. The van der Waals surface area contributed by atoms with E-state index in [4.69, 9.17) is 10.7 Å². The zero-order chi connectivity index (χ0) is 23.2. The van der Waals surface area contributed by atoms with Gasteiger partial charge in [-0.25, -0.2) is 15.0 Å². The second-order valence-corrected chi connectivity index (χ2v) is 9.63. The van der Waals surface area contributed by atoms with Crippen LogP contribution in [0.5, 0.6) is 0 Å². The van der Waals surface area contributed by atoms with Crippen molar-refractivity contribution in [2.75, 3.05) is 26.4 Å². The summed E-state index contributed by atoms with van der Waals surface area (Å²) in [6, 6.07) is 21.4. The summed E-state index contributed by atoms with van der Waals surface area (Å²) >= 11 is 0. The van der Waals surface area contributed by atoms with Gasteiger partial charge in [-0.05, 0) is 50.6 Å². The molecule has 2 aromatic carbocycles. The molecule has 1 aliphatic carbocycles. The van der Waals surface area contributed by atoms with Crippen molar-refractivity contribution in [2.45, 2.75) is 18.9 Å². The van der Waals surface area contributed by atoms with Crippen LogP contribution in [0.2, 0.25) is 0 Å². The Morgan fingerprint density at radius 3 is 2.56 bits per heavy atom. The van der Waals surface area contributed by atoms with Crippen molar-refractivity contribution in [3.05, 3.63) is 73.2 Å². The van der Waals surface area contributed by atoms with E-state index in [0.717, 1.165) is 69.6 Å². The molecule has 34 heavy (non-hydrogen) atoms. The van der Waals surface area contributed by atoms with Gasteiger partial charge in [-0.3, -0.25) is 0 Å². The van der Waals surface area contributed by atoms with E-state index in [-0.39, 0.29) is 0 Å². The van der Waals surface area contributed by atoms with E-state index in [0.29, 0.717) is 11.9 Å². The summed E-state index contributed by atoms with van der Waals surface area (Å²) in [5.41, 5.74) is 12.5. The molecule has 2 N–H and O–H groups in total. The Balaban J connectivity index is 1.43. The molecule has 0 bridgehead atoms. The molecule has 6 nitrogen and oxygen atoms in total. The van der Waals surface area contributed by atoms with E-state index in [1.807, 2.05) is 18.2 Å². The molecule has 6 rings (SSSR count). The summed E-state index contributed by atoms with van der Waals surface area (Å²) in [5.74, 6) is 1.25. The van der Waals surface area contributed by atoms with Crippen LogP contribution in [0.25, 0.3) is 44.3 Å². The van der Waals surface area contributed by atoms with E-state index in [9.17, 15) is 0 Å². The molecule has 3 aromatic heterocycles. The number of nitrogen functional groups attached to an aromatic ring is 1. The Bertz CT molecular complexity index is 1480. The highest BCUT2D eigenvalue weighted by atomic mass is 15.1. The monoisotopic (exact) mass is 448 g/mol. The largest absolute Gasteiger partial charge is 0.383 e. The average molecular weight is 449 g/mol. The summed E-state index contributed by atoms with van der Waals surface area (Å²) in [4.78, 5) is 16.2. The van der Waals surface area contributed by atoms with Crippen LogP contribution < -0.4 is 5.73 Å². The third-order valence-corrected chi connectivity index (χ3v) is 6.94. The van der Waals surface area contributed by atoms with E-state index in [1.165, 1.54) is 0 Å². The number of nitrogens with zero attached hydrogens (tertiary/aromatic N) is 5. The number of pyridine rings is 1. The van der Waals surface area contributed by atoms with Crippen LogP contribution in [-0.2, 0) is 0 Å². The summed E-state index contributed by atoms with van der Waals surface area (Å²) < 4.78 is 2.31.